The highest BCUT2D eigenvalue weighted by molar-refractivity contribution is 5.94. The maximum Gasteiger partial charge on any atom is 0.176 e. The average Bonchev–Trinajstić information content (AvgIpc) is 2.30. The van der Waals surface area contributed by atoms with Crippen LogP contribution in [0.4, 0.5) is 0 Å². The number of hydrogen-bond acceptors (Lipinski definition) is 3. The molecule has 0 radical (unpaired) electrons. The van der Waals surface area contributed by atoms with Crippen molar-refractivity contribution in [2.75, 3.05) is 7.11 Å². The first-order valence-corrected chi connectivity index (χ1v) is 5.94. The Bertz CT molecular complexity index is 506. The second-order valence-corrected chi connectivity index (χ2v) is 5.16. The quantitative estimate of drug-likeness (QED) is 0.745. The van der Waals surface area contributed by atoms with E-state index in [0.29, 0.717) is 12.3 Å². The van der Waals surface area contributed by atoms with Gasteiger partial charge in [0.15, 0.2) is 11.4 Å². The van der Waals surface area contributed by atoms with Crippen molar-refractivity contribution in [2.24, 2.45) is 5.92 Å². The largest absolute Gasteiger partial charge is 0.497 e. The van der Waals surface area contributed by atoms with Gasteiger partial charge in [0.2, 0.25) is 0 Å². The van der Waals surface area contributed by atoms with Gasteiger partial charge in [-0.1, -0.05) is 0 Å². The Morgan fingerprint density at radius 2 is 2.18 bits per heavy atom. The lowest BCUT2D eigenvalue weighted by Gasteiger charge is -2.48. The molecule has 0 amide bonds. The molecule has 1 aliphatic carbocycles. The number of benzene rings is 1. The lowest BCUT2D eigenvalue weighted by atomic mass is 9.65. The maximum atomic E-state index is 11.7. The number of aryl methyl sites for hydroxylation is 1. The first kappa shape index (κ1) is 10.6. The Labute approximate surface area is 101 Å². The van der Waals surface area contributed by atoms with Crippen LogP contribution in [-0.2, 0) is 11.2 Å². The van der Waals surface area contributed by atoms with Crippen molar-refractivity contribution in [3.63, 3.8) is 0 Å². The molecule has 3 nitrogen and oxygen atoms in total. The van der Waals surface area contributed by atoms with Crippen LogP contribution in [0.1, 0.15) is 24.5 Å². The number of Topliss-reactive ketones (excluding diaryl/α,β-unsaturated/α-hetero) is 1. The first-order chi connectivity index (χ1) is 8.04. The van der Waals surface area contributed by atoms with Crippen LogP contribution in [0.5, 0.6) is 11.5 Å². The normalized spacial score (nSPS) is 29.8. The van der Waals surface area contributed by atoms with Gasteiger partial charge < -0.3 is 9.47 Å². The average molecular weight is 232 g/mol. The van der Waals surface area contributed by atoms with E-state index in [-0.39, 0.29) is 5.78 Å². The summed E-state index contributed by atoms with van der Waals surface area (Å²) >= 11 is 0. The molecule has 1 aliphatic heterocycles. The first-order valence-electron chi connectivity index (χ1n) is 5.94. The molecule has 3 rings (SSSR count). The van der Waals surface area contributed by atoms with Crippen molar-refractivity contribution in [3.05, 3.63) is 23.3 Å². The van der Waals surface area contributed by atoms with E-state index < -0.39 is 5.60 Å². The van der Waals surface area contributed by atoms with Gasteiger partial charge in [-0.15, -0.1) is 0 Å². The summed E-state index contributed by atoms with van der Waals surface area (Å²) in [6.07, 6.45) is 1.59. The van der Waals surface area contributed by atoms with Crippen LogP contribution in [-0.4, -0.2) is 18.5 Å². The second kappa shape index (κ2) is 3.25. The van der Waals surface area contributed by atoms with Crippen molar-refractivity contribution in [1.82, 2.24) is 0 Å². The number of carbonyl (C=O) groups is 1. The van der Waals surface area contributed by atoms with Crippen LogP contribution in [0.25, 0.3) is 0 Å². The number of hydrogen-bond donors (Lipinski definition) is 0. The molecule has 2 aliphatic rings. The number of ether oxygens (including phenoxy) is 2. The Kier molecular flexibility index (Phi) is 2.03. The lowest BCUT2D eigenvalue weighted by Crippen LogP contribution is -2.60. The second-order valence-electron chi connectivity index (χ2n) is 5.16. The fourth-order valence-corrected chi connectivity index (χ4v) is 2.82. The van der Waals surface area contributed by atoms with Gasteiger partial charge in [0, 0.05) is 18.4 Å². The summed E-state index contributed by atoms with van der Waals surface area (Å²) in [5.41, 5.74) is 1.81. The molecule has 0 aromatic heterocycles. The minimum atomic E-state index is -0.591. The molecule has 1 fully saturated rings. The molecule has 0 N–H and O–H groups in total. The van der Waals surface area contributed by atoms with Crippen LogP contribution in [0, 0.1) is 12.8 Å². The van der Waals surface area contributed by atoms with Crippen LogP contribution in [0.3, 0.4) is 0 Å². The van der Waals surface area contributed by atoms with Gasteiger partial charge in [-0.3, -0.25) is 4.79 Å². The van der Waals surface area contributed by atoms with Crippen LogP contribution < -0.4 is 9.47 Å². The van der Waals surface area contributed by atoms with Gasteiger partial charge in [0.1, 0.15) is 11.5 Å². The summed E-state index contributed by atoms with van der Waals surface area (Å²) in [7, 11) is 1.64. The number of ketones is 1. The Morgan fingerprint density at radius 1 is 1.41 bits per heavy atom. The molecule has 2 atom stereocenters. The van der Waals surface area contributed by atoms with Crippen LogP contribution in [0.15, 0.2) is 12.1 Å². The van der Waals surface area contributed by atoms with E-state index in [1.165, 1.54) is 11.1 Å². The summed E-state index contributed by atoms with van der Waals surface area (Å²) in [6.45, 7) is 3.97. The van der Waals surface area contributed by atoms with E-state index in [2.05, 4.69) is 6.92 Å². The number of carbonyl (C=O) groups excluding carboxylic acids is 1. The van der Waals surface area contributed by atoms with E-state index >= 15 is 0 Å². The topological polar surface area (TPSA) is 35.5 Å². The third-order valence-corrected chi connectivity index (χ3v) is 4.18. The standard InChI is InChI=1S/C14H16O3/c1-8-4-10(16-3)7-12-11(8)5-9-6-13(15)14(9,2)17-12/h4,7,9H,5-6H2,1-3H3/t9-,14-/m1/s1. The highest BCUT2D eigenvalue weighted by Gasteiger charge is 2.55. The number of methoxy groups -OCH3 is 1. The van der Waals surface area contributed by atoms with Gasteiger partial charge in [-0.2, -0.15) is 0 Å². The highest BCUT2D eigenvalue weighted by Crippen LogP contribution is 2.48. The molecule has 1 aromatic rings. The summed E-state index contributed by atoms with van der Waals surface area (Å²) in [6, 6.07) is 3.90. The van der Waals surface area contributed by atoms with Gasteiger partial charge in [0.25, 0.3) is 0 Å². The molecule has 1 saturated carbocycles. The van der Waals surface area contributed by atoms with E-state index in [0.717, 1.165) is 17.9 Å². The minimum absolute atomic E-state index is 0.216. The molecule has 0 unspecified atom stereocenters. The monoisotopic (exact) mass is 232 g/mol. The summed E-state index contributed by atoms with van der Waals surface area (Å²) in [5, 5.41) is 0. The van der Waals surface area contributed by atoms with Crippen LogP contribution in [0.2, 0.25) is 0 Å². The van der Waals surface area contributed by atoms with Crippen molar-refractivity contribution in [1.29, 1.82) is 0 Å². The molecule has 17 heavy (non-hydrogen) atoms. The summed E-state index contributed by atoms with van der Waals surface area (Å²) in [5.74, 6) is 2.16. The molecule has 1 aromatic carbocycles. The van der Waals surface area contributed by atoms with Gasteiger partial charge in [-0.05, 0) is 37.5 Å². The molecule has 3 heteroatoms. The molecule has 1 heterocycles. The summed E-state index contributed by atoms with van der Waals surface area (Å²) < 4.78 is 11.2. The number of rotatable bonds is 1. The fraction of sp³-hybridized carbons (Fsp3) is 0.500. The zero-order valence-electron chi connectivity index (χ0n) is 10.4. The third-order valence-electron chi connectivity index (χ3n) is 4.18. The van der Waals surface area contributed by atoms with E-state index in [9.17, 15) is 4.79 Å². The van der Waals surface area contributed by atoms with Crippen molar-refractivity contribution in [2.45, 2.75) is 32.3 Å². The predicted octanol–water partition coefficient (Wildman–Crippen LogP) is 2.29. The minimum Gasteiger partial charge on any atom is -0.497 e. The third kappa shape index (κ3) is 1.31. The highest BCUT2D eigenvalue weighted by atomic mass is 16.5. The van der Waals surface area contributed by atoms with E-state index in [4.69, 9.17) is 9.47 Å². The maximum absolute atomic E-state index is 11.7. The Hall–Kier alpha value is -1.51. The zero-order chi connectivity index (χ0) is 12.2. The van der Waals surface area contributed by atoms with Gasteiger partial charge >= 0.3 is 0 Å². The van der Waals surface area contributed by atoms with Crippen molar-refractivity contribution >= 4 is 5.78 Å². The van der Waals surface area contributed by atoms with E-state index in [1.807, 2.05) is 19.1 Å². The molecule has 0 bridgehead atoms. The van der Waals surface area contributed by atoms with Crippen molar-refractivity contribution in [3.8, 4) is 11.5 Å². The van der Waals surface area contributed by atoms with Gasteiger partial charge in [-0.25, -0.2) is 0 Å². The predicted molar refractivity (Wildman–Crippen MR) is 63.6 cm³/mol. The fourth-order valence-electron chi connectivity index (χ4n) is 2.82. The number of fused-ring (bicyclic) bond motifs is 2. The molecular formula is C14H16O3. The Balaban J connectivity index is 2.07. The summed E-state index contributed by atoms with van der Waals surface area (Å²) in [4.78, 5) is 11.7. The Morgan fingerprint density at radius 3 is 2.82 bits per heavy atom. The molecular weight excluding hydrogens is 216 g/mol. The lowest BCUT2D eigenvalue weighted by molar-refractivity contribution is -0.156. The smallest absolute Gasteiger partial charge is 0.176 e. The van der Waals surface area contributed by atoms with Crippen LogP contribution >= 0.6 is 0 Å². The zero-order valence-corrected chi connectivity index (χ0v) is 10.4. The molecule has 90 valence electrons. The van der Waals surface area contributed by atoms with Crippen molar-refractivity contribution < 1.29 is 14.3 Å². The SMILES string of the molecule is COc1cc(C)c2c(c1)O[C@@]1(C)C(=O)C[C@H]1C2. The molecule has 0 spiro atoms. The van der Waals surface area contributed by atoms with E-state index in [1.54, 1.807) is 7.11 Å². The van der Waals surface area contributed by atoms with Gasteiger partial charge in [0.05, 0.1) is 7.11 Å². The molecule has 0 saturated heterocycles.